The van der Waals surface area contributed by atoms with E-state index in [1.54, 1.807) is 13.0 Å². The predicted molar refractivity (Wildman–Crippen MR) is 81.5 cm³/mol. The number of hydrogen-bond acceptors (Lipinski definition) is 2. The summed E-state index contributed by atoms with van der Waals surface area (Å²) in [6.07, 6.45) is -4.40. The Hall–Kier alpha value is -2.24. The number of anilines is 1. The van der Waals surface area contributed by atoms with Gasteiger partial charge >= 0.3 is 6.18 Å². The summed E-state index contributed by atoms with van der Waals surface area (Å²) in [5.41, 5.74) is -0.335. The Morgan fingerprint density at radius 1 is 1.09 bits per heavy atom. The number of carbonyl (C=O) groups excluding carboxylic acids is 1. The number of hydrogen-bond donors (Lipinski definition) is 1. The van der Waals surface area contributed by atoms with Crippen LogP contribution in [0.25, 0.3) is 0 Å². The molecule has 1 N–H and O–H groups in total. The Labute approximate surface area is 132 Å². The summed E-state index contributed by atoms with van der Waals surface area (Å²) in [4.78, 5) is 12.3. The van der Waals surface area contributed by atoms with Crippen molar-refractivity contribution in [2.24, 2.45) is 0 Å². The summed E-state index contributed by atoms with van der Waals surface area (Å²) >= 11 is 0. The van der Waals surface area contributed by atoms with Crippen LogP contribution in [0.5, 0.6) is 0 Å². The second-order valence-corrected chi connectivity index (χ2v) is 6.36. The molecule has 0 aliphatic rings. The van der Waals surface area contributed by atoms with Gasteiger partial charge < -0.3 is 9.73 Å². The smallest absolute Gasteiger partial charge is 0.416 e. The molecule has 1 heterocycles. The lowest BCUT2D eigenvalue weighted by atomic mass is 9.93. The van der Waals surface area contributed by atoms with Crippen molar-refractivity contribution in [3.8, 4) is 0 Å². The Bertz CT molecular complexity index is 707. The van der Waals surface area contributed by atoms with Gasteiger partial charge in [-0.25, -0.2) is 0 Å². The summed E-state index contributed by atoms with van der Waals surface area (Å²) < 4.78 is 43.1. The summed E-state index contributed by atoms with van der Waals surface area (Å²) in [6, 6.07) is 5.97. The zero-order valence-corrected chi connectivity index (χ0v) is 13.3. The molecule has 1 aromatic carbocycles. The van der Waals surface area contributed by atoms with E-state index < -0.39 is 17.6 Å². The lowest BCUT2D eigenvalue weighted by Gasteiger charge is -2.13. The molecule has 0 unspecified atom stereocenters. The maximum Gasteiger partial charge on any atom is 0.416 e. The van der Waals surface area contributed by atoms with E-state index in [4.69, 9.17) is 4.42 Å². The van der Waals surface area contributed by atoms with Crippen LogP contribution in [-0.2, 0) is 11.6 Å². The van der Waals surface area contributed by atoms with Crippen LogP contribution in [0.15, 0.2) is 34.7 Å². The van der Waals surface area contributed by atoms with Gasteiger partial charge in [0.2, 0.25) is 0 Å². The lowest BCUT2D eigenvalue weighted by Crippen LogP contribution is -2.13. The molecule has 2 rings (SSSR count). The van der Waals surface area contributed by atoms with E-state index in [0.717, 1.165) is 12.1 Å². The lowest BCUT2D eigenvalue weighted by molar-refractivity contribution is -0.137. The maximum absolute atomic E-state index is 12.5. The van der Waals surface area contributed by atoms with Gasteiger partial charge in [0.05, 0.1) is 11.1 Å². The van der Waals surface area contributed by atoms with Crippen LogP contribution in [0.2, 0.25) is 0 Å². The van der Waals surface area contributed by atoms with Gasteiger partial charge in [-0.1, -0.05) is 20.8 Å². The van der Waals surface area contributed by atoms with Crippen LogP contribution in [0.1, 0.15) is 48.2 Å². The first-order chi connectivity index (χ1) is 10.5. The minimum Gasteiger partial charge on any atom is -0.465 e. The molecule has 0 saturated heterocycles. The van der Waals surface area contributed by atoms with Gasteiger partial charge in [-0.3, -0.25) is 4.79 Å². The van der Waals surface area contributed by atoms with Crippen LogP contribution >= 0.6 is 0 Å². The molecule has 0 atom stereocenters. The van der Waals surface area contributed by atoms with Crippen molar-refractivity contribution in [3.05, 3.63) is 53.0 Å². The van der Waals surface area contributed by atoms with Gasteiger partial charge in [0, 0.05) is 11.1 Å². The molecule has 0 aliphatic heterocycles. The van der Waals surface area contributed by atoms with Crippen molar-refractivity contribution in [1.29, 1.82) is 0 Å². The standard InChI is InChI=1S/C17H18F3NO2/c1-10-13(9-14(23-10)16(2,3)4)15(22)21-12-7-5-11(6-8-12)17(18,19)20/h5-9H,1-4H3,(H,21,22). The molecule has 23 heavy (non-hydrogen) atoms. The van der Waals surface area contributed by atoms with E-state index in [1.807, 2.05) is 20.8 Å². The molecule has 1 amide bonds. The quantitative estimate of drug-likeness (QED) is 0.829. The highest BCUT2D eigenvalue weighted by Gasteiger charge is 2.30. The third-order valence-corrected chi connectivity index (χ3v) is 3.37. The van der Waals surface area contributed by atoms with E-state index in [1.165, 1.54) is 12.1 Å². The van der Waals surface area contributed by atoms with Crippen molar-refractivity contribution in [2.45, 2.75) is 39.3 Å². The second-order valence-electron chi connectivity index (χ2n) is 6.36. The van der Waals surface area contributed by atoms with Crippen molar-refractivity contribution >= 4 is 11.6 Å². The number of carbonyl (C=O) groups is 1. The van der Waals surface area contributed by atoms with E-state index in [2.05, 4.69) is 5.32 Å². The van der Waals surface area contributed by atoms with E-state index in [-0.39, 0.29) is 5.41 Å². The Kier molecular flexibility index (Phi) is 4.28. The van der Waals surface area contributed by atoms with Crippen LogP contribution in [-0.4, -0.2) is 5.91 Å². The monoisotopic (exact) mass is 325 g/mol. The normalized spacial score (nSPS) is 12.3. The average molecular weight is 325 g/mol. The van der Waals surface area contributed by atoms with E-state index >= 15 is 0 Å². The van der Waals surface area contributed by atoms with Gasteiger partial charge in [-0.15, -0.1) is 0 Å². The Morgan fingerprint density at radius 3 is 2.09 bits per heavy atom. The largest absolute Gasteiger partial charge is 0.465 e. The highest BCUT2D eigenvalue weighted by atomic mass is 19.4. The topological polar surface area (TPSA) is 42.2 Å². The van der Waals surface area contributed by atoms with Crippen molar-refractivity contribution in [2.75, 3.05) is 5.32 Å². The van der Waals surface area contributed by atoms with Crippen molar-refractivity contribution < 1.29 is 22.4 Å². The fourth-order valence-electron chi connectivity index (χ4n) is 2.02. The summed E-state index contributed by atoms with van der Waals surface area (Å²) in [5, 5.41) is 2.58. The van der Waals surface area contributed by atoms with Gasteiger partial charge in [-0.2, -0.15) is 13.2 Å². The molecule has 3 nitrogen and oxygen atoms in total. The third-order valence-electron chi connectivity index (χ3n) is 3.37. The molecule has 2 aromatic rings. The molecular weight excluding hydrogens is 307 g/mol. The number of rotatable bonds is 2. The highest BCUT2D eigenvalue weighted by Crippen LogP contribution is 2.30. The molecule has 0 saturated carbocycles. The number of benzene rings is 1. The minimum atomic E-state index is -4.40. The van der Waals surface area contributed by atoms with Crippen LogP contribution in [0.3, 0.4) is 0 Å². The van der Waals surface area contributed by atoms with Crippen LogP contribution in [0, 0.1) is 6.92 Å². The second kappa shape index (κ2) is 5.76. The zero-order valence-electron chi connectivity index (χ0n) is 13.3. The molecule has 0 aliphatic carbocycles. The number of halogens is 3. The maximum atomic E-state index is 12.5. The van der Waals surface area contributed by atoms with Gasteiger partial charge in [0.25, 0.3) is 5.91 Å². The first-order valence-corrected chi connectivity index (χ1v) is 7.08. The van der Waals surface area contributed by atoms with Gasteiger partial charge in [0.1, 0.15) is 11.5 Å². The molecule has 6 heteroatoms. The Morgan fingerprint density at radius 2 is 1.65 bits per heavy atom. The van der Waals surface area contributed by atoms with Crippen molar-refractivity contribution in [1.82, 2.24) is 0 Å². The highest BCUT2D eigenvalue weighted by molar-refractivity contribution is 6.05. The molecule has 0 radical (unpaired) electrons. The molecule has 124 valence electrons. The third kappa shape index (κ3) is 3.94. The van der Waals surface area contributed by atoms with Gasteiger partial charge in [-0.05, 0) is 37.3 Å². The fourth-order valence-corrected chi connectivity index (χ4v) is 2.02. The first-order valence-electron chi connectivity index (χ1n) is 7.08. The fraction of sp³-hybridized carbons (Fsp3) is 0.353. The van der Waals surface area contributed by atoms with Crippen LogP contribution < -0.4 is 5.32 Å². The minimum absolute atomic E-state index is 0.238. The molecular formula is C17H18F3NO2. The summed E-state index contributed by atoms with van der Waals surface area (Å²) in [7, 11) is 0. The van der Waals surface area contributed by atoms with Crippen LogP contribution in [0.4, 0.5) is 18.9 Å². The average Bonchev–Trinajstić information content (AvgIpc) is 2.80. The molecule has 1 aromatic heterocycles. The number of furan rings is 1. The SMILES string of the molecule is Cc1oc(C(C)(C)C)cc1C(=O)Nc1ccc(C(F)(F)F)cc1. The van der Waals surface area contributed by atoms with E-state index in [9.17, 15) is 18.0 Å². The van der Waals surface area contributed by atoms with Crippen molar-refractivity contribution in [3.63, 3.8) is 0 Å². The number of alkyl halides is 3. The summed E-state index contributed by atoms with van der Waals surface area (Å²) in [5.74, 6) is 0.730. The predicted octanol–water partition coefficient (Wildman–Crippen LogP) is 5.16. The molecule has 0 fully saturated rings. The first kappa shape index (κ1) is 17.1. The summed E-state index contributed by atoms with van der Waals surface area (Å²) in [6.45, 7) is 7.56. The molecule has 0 bridgehead atoms. The zero-order chi connectivity index (χ0) is 17.4. The number of aryl methyl sites for hydroxylation is 1. The van der Waals surface area contributed by atoms with Gasteiger partial charge in [0.15, 0.2) is 0 Å². The number of amides is 1. The van der Waals surface area contributed by atoms with E-state index in [0.29, 0.717) is 22.8 Å². The molecule has 0 spiro atoms. The number of nitrogens with one attached hydrogen (secondary N) is 1. The Balaban J connectivity index is 2.18.